The van der Waals surface area contributed by atoms with Gasteiger partial charge in [0.25, 0.3) is 0 Å². The number of rotatable bonds is 2. The van der Waals surface area contributed by atoms with E-state index in [2.05, 4.69) is 18.8 Å². The van der Waals surface area contributed by atoms with E-state index >= 15 is 0 Å². The molecule has 0 bridgehead atoms. The Hall–Kier alpha value is -0.940. The van der Waals surface area contributed by atoms with Crippen molar-refractivity contribution in [2.75, 3.05) is 11.5 Å². The lowest BCUT2D eigenvalue weighted by atomic mass is 10.2. The van der Waals surface area contributed by atoms with Gasteiger partial charge in [-0.15, -0.1) is 11.8 Å². The molecule has 0 saturated heterocycles. The van der Waals surface area contributed by atoms with Gasteiger partial charge in [-0.2, -0.15) is 0 Å². The molecule has 1 aromatic carbocycles. The number of halogens is 1. The van der Waals surface area contributed by atoms with Crippen LogP contribution in [0.2, 0.25) is 0 Å². The predicted octanol–water partition coefficient (Wildman–Crippen LogP) is 2.93. The Morgan fingerprint density at radius 3 is 2.62 bits per heavy atom. The maximum absolute atomic E-state index is 12.5. The maximum Gasteiger partial charge on any atom is 0.123 e. The Morgan fingerprint density at radius 2 is 2.00 bits per heavy atom. The molecule has 0 aromatic heterocycles. The number of benzene rings is 1. The maximum atomic E-state index is 12.5. The Balaban J connectivity index is 2.52. The van der Waals surface area contributed by atoms with Crippen molar-refractivity contribution in [2.24, 2.45) is 0 Å². The first-order valence-electron chi connectivity index (χ1n) is 4.15. The molecule has 0 radical (unpaired) electrons. The fourth-order valence-corrected chi connectivity index (χ4v) is 1.20. The van der Waals surface area contributed by atoms with Crippen LogP contribution in [0.15, 0.2) is 24.3 Å². The summed E-state index contributed by atoms with van der Waals surface area (Å²) < 4.78 is 12.5. The third-order valence-electron chi connectivity index (χ3n) is 1.46. The minimum absolute atomic E-state index is 0.214. The smallest absolute Gasteiger partial charge is 0.123 e. The second-order valence-electron chi connectivity index (χ2n) is 2.45. The highest BCUT2D eigenvalue weighted by Gasteiger charge is 1.87. The summed E-state index contributed by atoms with van der Waals surface area (Å²) >= 11 is 1.78. The lowest BCUT2D eigenvalue weighted by Crippen LogP contribution is -1.77. The Bertz CT molecular complexity index is 305. The molecule has 0 heterocycles. The molecule has 68 valence electrons. The average molecular weight is 194 g/mol. The number of hydrogen-bond acceptors (Lipinski definition) is 1. The van der Waals surface area contributed by atoms with Crippen molar-refractivity contribution in [3.63, 3.8) is 0 Å². The van der Waals surface area contributed by atoms with E-state index in [-0.39, 0.29) is 5.82 Å². The van der Waals surface area contributed by atoms with E-state index in [0.717, 1.165) is 17.1 Å². The molecule has 0 aliphatic heterocycles. The van der Waals surface area contributed by atoms with Gasteiger partial charge < -0.3 is 0 Å². The van der Waals surface area contributed by atoms with E-state index in [4.69, 9.17) is 0 Å². The third kappa shape index (κ3) is 4.00. The van der Waals surface area contributed by atoms with Crippen LogP contribution in [0.3, 0.4) is 0 Å². The van der Waals surface area contributed by atoms with Gasteiger partial charge >= 0.3 is 0 Å². The molecule has 0 nitrogen and oxygen atoms in total. The molecule has 0 aliphatic rings. The second kappa shape index (κ2) is 5.66. The molecule has 0 N–H and O–H groups in total. The summed E-state index contributed by atoms with van der Waals surface area (Å²) in [7, 11) is 0. The normalized spacial score (nSPS) is 9.08. The van der Waals surface area contributed by atoms with Crippen molar-refractivity contribution in [1.82, 2.24) is 0 Å². The summed E-state index contributed by atoms with van der Waals surface area (Å²) in [5.74, 6) is 7.69. The molecular weight excluding hydrogens is 183 g/mol. The molecule has 0 amide bonds. The summed E-state index contributed by atoms with van der Waals surface area (Å²) in [4.78, 5) is 0. The van der Waals surface area contributed by atoms with Gasteiger partial charge in [-0.25, -0.2) is 4.39 Å². The minimum atomic E-state index is -0.214. The van der Waals surface area contributed by atoms with Crippen LogP contribution in [0.4, 0.5) is 4.39 Å². The van der Waals surface area contributed by atoms with Gasteiger partial charge in [0.1, 0.15) is 5.82 Å². The van der Waals surface area contributed by atoms with Gasteiger partial charge in [-0.05, 0) is 30.0 Å². The van der Waals surface area contributed by atoms with Gasteiger partial charge in [0, 0.05) is 5.56 Å². The van der Waals surface area contributed by atoms with E-state index < -0.39 is 0 Å². The van der Waals surface area contributed by atoms with Crippen LogP contribution in [-0.4, -0.2) is 11.5 Å². The fourth-order valence-electron chi connectivity index (χ4n) is 0.824. The largest absolute Gasteiger partial charge is 0.207 e. The molecule has 1 aromatic rings. The summed E-state index contributed by atoms with van der Waals surface area (Å²) in [6, 6.07) is 6.24. The first-order valence-corrected chi connectivity index (χ1v) is 5.30. The van der Waals surface area contributed by atoms with Gasteiger partial charge in [0.15, 0.2) is 0 Å². The quantitative estimate of drug-likeness (QED) is 0.515. The average Bonchev–Trinajstić information content (AvgIpc) is 2.15. The topological polar surface area (TPSA) is 0 Å². The van der Waals surface area contributed by atoms with Gasteiger partial charge in [-0.3, -0.25) is 0 Å². The van der Waals surface area contributed by atoms with E-state index in [1.54, 1.807) is 23.9 Å². The van der Waals surface area contributed by atoms with Crippen LogP contribution in [0.25, 0.3) is 0 Å². The predicted molar refractivity (Wildman–Crippen MR) is 56.3 cm³/mol. The van der Waals surface area contributed by atoms with E-state index in [9.17, 15) is 4.39 Å². The summed E-state index contributed by atoms with van der Waals surface area (Å²) in [5, 5.41) is 0. The van der Waals surface area contributed by atoms with Crippen LogP contribution in [0, 0.1) is 17.7 Å². The van der Waals surface area contributed by atoms with Crippen molar-refractivity contribution in [3.8, 4) is 11.8 Å². The molecule has 0 unspecified atom stereocenters. The van der Waals surface area contributed by atoms with Crippen molar-refractivity contribution < 1.29 is 4.39 Å². The highest BCUT2D eigenvalue weighted by atomic mass is 32.2. The standard InChI is InChI=1S/C11H11FS/c1-2-13-9-3-4-10-5-7-11(12)8-6-10/h5-8H,2,9H2,1H3. The lowest BCUT2D eigenvalue weighted by Gasteiger charge is -1.89. The summed E-state index contributed by atoms with van der Waals surface area (Å²) in [6.45, 7) is 2.10. The molecule has 2 heteroatoms. The molecule has 0 atom stereocenters. The van der Waals surface area contributed by atoms with Crippen molar-refractivity contribution in [1.29, 1.82) is 0 Å². The summed E-state index contributed by atoms with van der Waals surface area (Å²) in [5.41, 5.74) is 0.873. The van der Waals surface area contributed by atoms with Crippen LogP contribution in [0.1, 0.15) is 12.5 Å². The van der Waals surface area contributed by atoms with E-state index in [0.29, 0.717) is 0 Å². The second-order valence-corrected chi connectivity index (χ2v) is 3.72. The first-order chi connectivity index (χ1) is 6.33. The minimum Gasteiger partial charge on any atom is -0.207 e. The highest BCUT2D eigenvalue weighted by Crippen LogP contribution is 2.01. The summed E-state index contributed by atoms with van der Waals surface area (Å²) in [6.07, 6.45) is 0. The molecule has 0 aliphatic carbocycles. The monoisotopic (exact) mass is 194 g/mol. The number of hydrogen-bond donors (Lipinski definition) is 0. The third-order valence-corrected chi connectivity index (χ3v) is 2.21. The Morgan fingerprint density at radius 1 is 1.31 bits per heavy atom. The molecule has 0 saturated carbocycles. The van der Waals surface area contributed by atoms with Crippen LogP contribution in [0.5, 0.6) is 0 Å². The lowest BCUT2D eigenvalue weighted by molar-refractivity contribution is 0.627. The highest BCUT2D eigenvalue weighted by molar-refractivity contribution is 7.99. The SMILES string of the molecule is CCSCC#Cc1ccc(F)cc1. The zero-order chi connectivity index (χ0) is 9.52. The van der Waals surface area contributed by atoms with Crippen LogP contribution < -0.4 is 0 Å². The molecule has 1 rings (SSSR count). The molecule has 13 heavy (non-hydrogen) atoms. The first kappa shape index (κ1) is 10.1. The van der Waals surface area contributed by atoms with Crippen molar-refractivity contribution >= 4 is 11.8 Å². The van der Waals surface area contributed by atoms with Gasteiger partial charge in [0.2, 0.25) is 0 Å². The Kier molecular flexibility index (Phi) is 4.42. The van der Waals surface area contributed by atoms with Gasteiger partial charge in [0.05, 0.1) is 5.75 Å². The molecular formula is C11H11FS. The molecule has 0 spiro atoms. The number of thioether (sulfide) groups is 1. The molecule has 0 fully saturated rings. The van der Waals surface area contributed by atoms with Crippen molar-refractivity contribution in [2.45, 2.75) is 6.92 Å². The zero-order valence-corrected chi connectivity index (χ0v) is 8.33. The van der Waals surface area contributed by atoms with Gasteiger partial charge in [-0.1, -0.05) is 18.8 Å². The van der Waals surface area contributed by atoms with Crippen LogP contribution in [-0.2, 0) is 0 Å². The van der Waals surface area contributed by atoms with E-state index in [1.807, 2.05) is 0 Å². The Labute approximate surface area is 82.5 Å². The van der Waals surface area contributed by atoms with E-state index in [1.165, 1.54) is 12.1 Å². The van der Waals surface area contributed by atoms with Crippen molar-refractivity contribution in [3.05, 3.63) is 35.6 Å². The fraction of sp³-hybridized carbons (Fsp3) is 0.273. The van der Waals surface area contributed by atoms with Crippen LogP contribution >= 0.6 is 11.8 Å². The zero-order valence-electron chi connectivity index (χ0n) is 7.51.